The summed E-state index contributed by atoms with van der Waals surface area (Å²) in [5.41, 5.74) is 5.18. The molecule has 5 heteroatoms. The predicted octanol–water partition coefficient (Wildman–Crippen LogP) is 6.67. The number of hydrogen-bond acceptors (Lipinski definition) is 4. The Morgan fingerprint density at radius 2 is 1.48 bits per heavy atom. The van der Waals surface area contributed by atoms with Crippen molar-refractivity contribution in [1.29, 1.82) is 0 Å². The summed E-state index contributed by atoms with van der Waals surface area (Å²) in [6.45, 7) is 8.38. The number of imide groups is 1. The molecule has 0 unspecified atom stereocenters. The lowest BCUT2D eigenvalue weighted by atomic mass is 10.0. The van der Waals surface area contributed by atoms with Gasteiger partial charge in [-0.25, -0.2) is 4.90 Å². The molecule has 0 aliphatic carbocycles. The van der Waals surface area contributed by atoms with Crippen LogP contribution in [0.5, 0.6) is 0 Å². The monoisotopic (exact) mass is 456 g/mol. The number of nitrogens with zero attached hydrogens (tertiary/aromatic N) is 1. The zero-order valence-corrected chi connectivity index (χ0v) is 20.2. The van der Waals surface area contributed by atoms with Crippen molar-refractivity contribution >= 4 is 35.0 Å². The van der Waals surface area contributed by atoms with Crippen molar-refractivity contribution in [3.05, 3.63) is 100 Å². The lowest BCUT2D eigenvalue weighted by molar-refractivity contribution is -0.120. The van der Waals surface area contributed by atoms with Gasteiger partial charge in [0.15, 0.2) is 0 Å². The zero-order chi connectivity index (χ0) is 23.5. The summed E-state index contributed by atoms with van der Waals surface area (Å²) in [4.78, 5) is 29.5. The largest absolute Gasteiger partial charge is 0.350 e. The summed E-state index contributed by atoms with van der Waals surface area (Å²) >= 11 is 1.32. The van der Waals surface area contributed by atoms with Crippen molar-refractivity contribution < 1.29 is 9.59 Å². The number of thioether (sulfide) groups is 1. The molecule has 3 aromatic carbocycles. The van der Waals surface area contributed by atoms with Crippen LogP contribution in [0.3, 0.4) is 0 Å². The number of rotatable bonds is 7. The summed E-state index contributed by atoms with van der Waals surface area (Å²) in [5, 5.41) is 3.24. The number of nitrogens with one attached hydrogen (secondary N) is 1. The Labute approximate surface area is 199 Å². The highest BCUT2D eigenvalue weighted by Gasteiger charge is 2.40. The quantitative estimate of drug-likeness (QED) is 0.403. The molecule has 4 nitrogen and oxygen atoms in total. The molecule has 0 saturated carbocycles. The van der Waals surface area contributed by atoms with Crippen LogP contribution >= 0.6 is 11.8 Å². The van der Waals surface area contributed by atoms with Gasteiger partial charge >= 0.3 is 0 Å². The number of aryl methyl sites for hydroxylation is 2. The Hall–Kier alpha value is -3.31. The molecule has 0 fully saturated rings. The average Bonchev–Trinajstić information content (AvgIpc) is 3.05. The topological polar surface area (TPSA) is 49.4 Å². The van der Waals surface area contributed by atoms with Crippen molar-refractivity contribution in [2.24, 2.45) is 0 Å². The molecular formula is C28H28N2O2S. The van der Waals surface area contributed by atoms with Gasteiger partial charge in [0.1, 0.15) is 10.6 Å². The maximum absolute atomic E-state index is 13.5. The SMILES string of the molecule is CCc1ccc(N2C(=O)C(Nc3ccc(C(C)C)cc3)=C(Sc3ccc(C)cc3)C2=O)cc1. The lowest BCUT2D eigenvalue weighted by Crippen LogP contribution is -2.32. The molecular weight excluding hydrogens is 428 g/mol. The Kier molecular flexibility index (Phi) is 6.70. The Morgan fingerprint density at radius 1 is 0.848 bits per heavy atom. The third-order valence-electron chi connectivity index (χ3n) is 5.73. The van der Waals surface area contributed by atoms with E-state index in [1.54, 1.807) is 0 Å². The average molecular weight is 457 g/mol. The highest BCUT2D eigenvalue weighted by Crippen LogP contribution is 2.38. The molecule has 1 N–H and O–H groups in total. The first kappa shape index (κ1) is 22.9. The van der Waals surface area contributed by atoms with E-state index in [2.05, 4.69) is 26.1 Å². The third kappa shape index (κ3) is 4.88. The fourth-order valence-corrected chi connectivity index (χ4v) is 4.58. The molecule has 1 heterocycles. The van der Waals surface area contributed by atoms with Crippen LogP contribution in [0.25, 0.3) is 0 Å². The molecule has 0 saturated heterocycles. The van der Waals surface area contributed by atoms with Crippen molar-refractivity contribution in [2.45, 2.75) is 44.9 Å². The molecule has 0 aromatic heterocycles. The maximum Gasteiger partial charge on any atom is 0.283 e. The van der Waals surface area contributed by atoms with Crippen LogP contribution in [0.2, 0.25) is 0 Å². The van der Waals surface area contributed by atoms with Gasteiger partial charge in [-0.3, -0.25) is 9.59 Å². The van der Waals surface area contributed by atoms with Gasteiger partial charge in [-0.1, -0.05) is 74.5 Å². The molecule has 0 atom stereocenters. The van der Waals surface area contributed by atoms with Crippen LogP contribution in [0.4, 0.5) is 11.4 Å². The molecule has 3 aromatic rings. The number of benzene rings is 3. The zero-order valence-electron chi connectivity index (χ0n) is 19.4. The van der Waals surface area contributed by atoms with Gasteiger partial charge in [0.05, 0.1) is 5.69 Å². The standard InChI is InChI=1S/C28H28N2O2S/c1-5-20-8-14-23(15-9-20)30-27(31)25(29-22-12-10-21(11-13-22)18(2)3)26(28(30)32)33-24-16-6-19(4)7-17-24/h6-18,29H,5H2,1-4H3. The molecule has 168 valence electrons. The lowest BCUT2D eigenvalue weighted by Gasteiger charge is -2.16. The number of amides is 2. The second kappa shape index (κ2) is 9.67. The second-order valence-corrected chi connectivity index (χ2v) is 9.57. The van der Waals surface area contributed by atoms with Crippen LogP contribution in [-0.4, -0.2) is 11.8 Å². The Morgan fingerprint density at radius 3 is 2.06 bits per heavy atom. The summed E-state index contributed by atoms with van der Waals surface area (Å²) in [5.74, 6) is -0.231. The first-order valence-electron chi connectivity index (χ1n) is 11.2. The Balaban J connectivity index is 1.70. The predicted molar refractivity (Wildman–Crippen MR) is 137 cm³/mol. The van der Waals surface area contributed by atoms with Crippen LogP contribution in [-0.2, 0) is 16.0 Å². The van der Waals surface area contributed by atoms with E-state index in [1.807, 2.05) is 79.7 Å². The third-order valence-corrected chi connectivity index (χ3v) is 6.82. The fraction of sp³-hybridized carbons (Fsp3) is 0.214. The van der Waals surface area contributed by atoms with Gasteiger partial charge in [-0.2, -0.15) is 0 Å². The number of carbonyl (C=O) groups is 2. The van der Waals surface area contributed by atoms with E-state index in [0.29, 0.717) is 22.2 Å². The molecule has 1 aliphatic rings. The van der Waals surface area contributed by atoms with Gasteiger partial charge in [0.2, 0.25) is 0 Å². The van der Waals surface area contributed by atoms with Crippen LogP contribution in [0.15, 0.2) is 88.3 Å². The molecule has 2 amide bonds. The number of anilines is 2. The van der Waals surface area contributed by atoms with E-state index < -0.39 is 0 Å². The number of hydrogen-bond donors (Lipinski definition) is 1. The van der Waals surface area contributed by atoms with Gasteiger partial charge in [-0.15, -0.1) is 0 Å². The van der Waals surface area contributed by atoms with Crippen molar-refractivity contribution in [3.8, 4) is 0 Å². The van der Waals surface area contributed by atoms with E-state index in [4.69, 9.17) is 0 Å². The van der Waals surface area contributed by atoms with Gasteiger partial charge < -0.3 is 5.32 Å². The summed E-state index contributed by atoms with van der Waals surface area (Å²) in [7, 11) is 0. The molecule has 0 bridgehead atoms. The minimum Gasteiger partial charge on any atom is -0.350 e. The van der Waals surface area contributed by atoms with E-state index in [0.717, 1.165) is 28.1 Å². The molecule has 0 spiro atoms. The summed E-state index contributed by atoms with van der Waals surface area (Å²) in [6, 6.07) is 23.5. The molecule has 4 rings (SSSR count). The fourth-order valence-electron chi connectivity index (χ4n) is 3.65. The summed E-state index contributed by atoms with van der Waals surface area (Å²) < 4.78 is 0. The first-order chi connectivity index (χ1) is 15.9. The van der Waals surface area contributed by atoms with Gasteiger partial charge in [0.25, 0.3) is 11.8 Å². The van der Waals surface area contributed by atoms with Crippen LogP contribution in [0, 0.1) is 6.92 Å². The summed E-state index contributed by atoms with van der Waals surface area (Å²) in [6.07, 6.45) is 0.897. The maximum atomic E-state index is 13.5. The highest BCUT2D eigenvalue weighted by atomic mass is 32.2. The van der Waals surface area contributed by atoms with E-state index in [1.165, 1.54) is 22.2 Å². The van der Waals surface area contributed by atoms with Gasteiger partial charge in [-0.05, 0) is 66.8 Å². The molecule has 1 aliphatic heterocycles. The van der Waals surface area contributed by atoms with E-state index >= 15 is 0 Å². The smallest absolute Gasteiger partial charge is 0.283 e. The van der Waals surface area contributed by atoms with E-state index in [-0.39, 0.29) is 11.8 Å². The second-order valence-electron chi connectivity index (χ2n) is 8.49. The molecule has 0 radical (unpaired) electrons. The minimum absolute atomic E-state index is 0.308. The van der Waals surface area contributed by atoms with Crippen LogP contribution in [0.1, 0.15) is 43.4 Å². The normalized spacial score (nSPS) is 13.9. The Bertz CT molecular complexity index is 1190. The van der Waals surface area contributed by atoms with Crippen molar-refractivity contribution in [3.63, 3.8) is 0 Å². The highest BCUT2D eigenvalue weighted by molar-refractivity contribution is 8.04. The van der Waals surface area contributed by atoms with E-state index in [9.17, 15) is 9.59 Å². The van der Waals surface area contributed by atoms with Crippen molar-refractivity contribution in [2.75, 3.05) is 10.2 Å². The number of carbonyl (C=O) groups excluding carboxylic acids is 2. The molecule has 33 heavy (non-hydrogen) atoms. The van der Waals surface area contributed by atoms with Crippen molar-refractivity contribution in [1.82, 2.24) is 0 Å². The van der Waals surface area contributed by atoms with Crippen LogP contribution < -0.4 is 10.2 Å². The first-order valence-corrected chi connectivity index (χ1v) is 12.0. The van der Waals surface area contributed by atoms with Gasteiger partial charge in [0, 0.05) is 10.6 Å². The minimum atomic E-state index is -0.341.